The van der Waals surface area contributed by atoms with E-state index >= 15 is 0 Å². The van der Waals surface area contributed by atoms with E-state index in [2.05, 4.69) is 27.1 Å². The summed E-state index contributed by atoms with van der Waals surface area (Å²) in [5.74, 6) is 0.461. The molecule has 1 aliphatic heterocycles. The highest BCUT2D eigenvalue weighted by molar-refractivity contribution is 5.28. The zero-order valence-electron chi connectivity index (χ0n) is 10.8. The van der Waals surface area contributed by atoms with Crippen molar-refractivity contribution in [3.8, 4) is 5.88 Å². The predicted octanol–water partition coefficient (Wildman–Crippen LogP) is 1.38. The van der Waals surface area contributed by atoms with Crippen LogP contribution in [0.5, 0.6) is 5.88 Å². The van der Waals surface area contributed by atoms with Gasteiger partial charge in [0.25, 0.3) is 5.88 Å². The number of methoxy groups -OCH3 is 1. The lowest BCUT2D eigenvalue weighted by Gasteiger charge is -2.13. The maximum atomic E-state index is 13.1. The van der Waals surface area contributed by atoms with Crippen molar-refractivity contribution in [3.05, 3.63) is 12.0 Å². The SMILES string of the molecule is CCN1CCC(CNc2ncc(F)c(OC)n2)C1. The molecular weight excluding hydrogens is 235 g/mol. The van der Waals surface area contributed by atoms with Crippen molar-refractivity contribution in [1.29, 1.82) is 0 Å². The number of hydrogen-bond donors (Lipinski definition) is 1. The molecule has 5 nitrogen and oxygen atoms in total. The maximum absolute atomic E-state index is 13.1. The van der Waals surface area contributed by atoms with Crippen LogP contribution in [0, 0.1) is 11.7 Å². The lowest BCUT2D eigenvalue weighted by atomic mass is 10.1. The summed E-state index contributed by atoms with van der Waals surface area (Å²) in [5.41, 5.74) is 0. The van der Waals surface area contributed by atoms with Crippen LogP contribution in [0.3, 0.4) is 0 Å². The molecule has 6 heteroatoms. The Kier molecular flexibility index (Phi) is 4.30. The topological polar surface area (TPSA) is 50.3 Å². The fourth-order valence-electron chi connectivity index (χ4n) is 2.18. The van der Waals surface area contributed by atoms with E-state index in [1.165, 1.54) is 13.5 Å². The van der Waals surface area contributed by atoms with Crippen molar-refractivity contribution in [2.45, 2.75) is 13.3 Å². The van der Waals surface area contributed by atoms with E-state index in [0.717, 1.165) is 32.4 Å². The molecule has 1 saturated heterocycles. The molecule has 0 aliphatic carbocycles. The van der Waals surface area contributed by atoms with Gasteiger partial charge >= 0.3 is 0 Å². The summed E-state index contributed by atoms with van der Waals surface area (Å²) in [4.78, 5) is 10.3. The largest absolute Gasteiger partial charge is 0.479 e. The molecule has 18 heavy (non-hydrogen) atoms. The number of hydrogen-bond acceptors (Lipinski definition) is 5. The van der Waals surface area contributed by atoms with Crippen LogP contribution < -0.4 is 10.1 Å². The van der Waals surface area contributed by atoms with Gasteiger partial charge in [-0.05, 0) is 25.4 Å². The third-order valence-corrected chi connectivity index (χ3v) is 3.27. The minimum Gasteiger partial charge on any atom is -0.479 e. The van der Waals surface area contributed by atoms with Gasteiger partial charge in [-0.1, -0.05) is 6.92 Å². The zero-order valence-corrected chi connectivity index (χ0v) is 10.8. The van der Waals surface area contributed by atoms with E-state index < -0.39 is 5.82 Å². The van der Waals surface area contributed by atoms with E-state index in [1.54, 1.807) is 0 Å². The smallest absolute Gasteiger partial charge is 0.255 e. The van der Waals surface area contributed by atoms with Gasteiger partial charge in [-0.3, -0.25) is 0 Å². The van der Waals surface area contributed by atoms with E-state index in [1.807, 2.05) is 0 Å². The molecule has 0 aromatic carbocycles. The molecule has 1 unspecified atom stereocenters. The van der Waals surface area contributed by atoms with Crippen LogP contribution in [0.15, 0.2) is 6.20 Å². The normalized spacial score (nSPS) is 20.1. The van der Waals surface area contributed by atoms with E-state index in [9.17, 15) is 4.39 Å². The van der Waals surface area contributed by atoms with Crippen molar-refractivity contribution in [2.24, 2.45) is 5.92 Å². The minimum atomic E-state index is -0.541. The Hall–Kier alpha value is -1.43. The Morgan fingerprint density at radius 3 is 3.11 bits per heavy atom. The van der Waals surface area contributed by atoms with Crippen molar-refractivity contribution >= 4 is 5.95 Å². The number of nitrogens with zero attached hydrogens (tertiary/aromatic N) is 3. The molecule has 100 valence electrons. The number of nitrogens with one attached hydrogen (secondary N) is 1. The maximum Gasteiger partial charge on any atom is 0.255 e. The summed E-state index contributed by atoms with van der Waals surface area (Å²) in [5, 5.41) is 3.14. The number of likely N-dealkylation sites (tertiary alicyclic amines) is 1. The first-order valence-electron chi connectivity index (χ1n) is 6.25. The molecule has 0 spiro atoms. The van der Waals surface area contributed by atoms with Gasteiger partial charge in [0.15, 0.2) is 0 Å². The van der Waals surface area contributed by atoms with Crippen LogP contribution in [-0.4, -0.2) is 48.2 Å². The summed E-state index contributed by atoms with van der Waals surface area (Å²) < 4.78 is 17.9. The molecule has 2 rings (SSSR count). The summed E-state index contributed by atoms with van der Waals surface area (Å²) in [7, 11) is 1.39. The van der Waals surface area contributed by atoms with Gasteiger partial charge in [-0.25, -0.2) is 4.98 Å². The Labute approximate surface area is 106 Å². The molecule has 1 fully saturated rings. The highest BCUT2D eigenvalue weighted by Crippen LogP contribution is 2.17. The molecule has 1 N–H and O–H groups in total. The summed E-state index contributed by atoms with van der Waals surface area (Å²) >= 11 is 0. The van der Waals surface area contributed by atoms with Crippen molar-refractivity contribution in [1.82, 2.24) is 14.9 Å². The van der Waals surface area contributed by atoms with Gasteiger partial charge in [0.2, 0.25) is 11.8 Å². The standard InChI is InChI=1S/C12H19FN4O/c1-3-17-5-4-9(8-17)6-14-12-15-7-10(13)11(16-12)18-2/h7,9H,3-6,8H2,1-2H3,(H,14,15,16). The van der Waals surface area contributed by atoms with Crippen LogP contribution in [0.2, 0.25) is 0 Å². The second-order valence-electron chi connectivity index (χ2n) is 4.48. The van der Waals surface area contributed by atoms with Crippen LogP contribution in [0.1, 0.15) is 13.3 Å². The fraction of sp³-hybridized carbons (Fsp3) is 0.667. The predicted molar refractivity (Wildman–Crippen MR) is 67.3 cm³/mol. The second kappa shape index (κ2) is 5.95. The molecule has 0 saturated carbocycles. The third-order valence-electron chi connectivity index (χ3n) is 3.27. The second-order valence-corrected chi connectivity index (χ2v) is 4.48. The van der Waals surface area contributed by atoms with Gasteiger partial charge in [0, 0.05) is 13.1 Å². The van der Waals surface area contributed by atoms with Crippen molar-refractivity contribution in [3.63, 3.8) is 0 Å². The highest BCUT2D eigenvalue weighted by Gasteiger charge is 2.21. The quantitative estimate of drug-likeness (QED) is 0.860. The van der Waals surface area contributed by atoms with Crippen LogP contribution in [-0.2, 0) is 0 Å². The van der Waals surface area contributed by atoms with E-state index in [4.69, 9.17) is 4.74 Å². The van der Waals surface area contributed by atoms with Gasteiger partial charge in [0.05, 0.1) is 13.3 Å². The Bertz CT molecular complexity index is 402. The summed E-state index contributed by atoms with van der Waals surface area (Å²) in [6, 6.07) is 0. The van der Waals surface area contributed by atoms with Gasteiger partial charge < -0.3 is 15.0 Å². The Balaban J connectivity index is 1.87. The van der Waals surface area contributed by atoms with E-state index in [-0.39, 0.29) is 5.88 Å². The average Bonchev–Trinajstić information content (AvgIpc) is 2.86. The Morgan fingerprint density at radius 2 is 2.44 bits per heavy atom. The number of anilines is 1. The third kappa shape index (κ3) is 3.07. The molecule has 1 aromatic heterocycles. The number of halogens is 1. The lowest BCUT2D eigenvalue weighted by molar-refractivity contribution is 0.344. The van der Waals surface area contributed by atoms with Gasteiger partial charge in [-0.15, -0.1) is 0 Å². The zero-order chi connectivity index (χ0) is 13.0. The summed E-state index contributed by atoms with van der Waals surface area (Å²) in [6.45, 7) is 6.32. The summed E-state index contributed by atoms with van der Waals surface area (Å²) in [6.07, 6.45) is 2.31. The first-order valence-corrected chi connectivity index (χ1v) is 6.25. The first-order chi connectivity index (χ1) is 8.72. The number of rotatable bonds is 5. The molecule has 0 amide bonds. The highest BCUT2D eigenvalue weighted by atomic mass is 19.1. The fourth-order valence-corrected chi connectivity index (χ4v) is 2.18. The molecule has 0 radical (unpaired) electrons. The minimum absolute atomic E-state index is 0.0193. The molecule has 1 aliphatic rings. The molecular formula is C12H19FN4O. The molecule has 0 bridgehead atoms. The van der Waals surface area contributed by atoms with Crippen LogP contribution in [0.4, 0.5) is 10.3 Å². The van der Waals surface area contributed by atoms with Crippen LogP contribution in [0.25, 0.3) is 0 Å². The molecule has 1 aromatic rings. The van der Waals surface area contributed by atoms with E-state index in [0.29, 0.717) is 11.9 Å². The number of aromatic nitrogens is 2. The molecule has 2 heterocycles. The molecule has 1 atom stereocenters. The lowest BCUT2D eigenvalue weighted by Crippen LogP contribution is -2.23. The average molecular weight is 254 g/mol. The van der Waals surface area contributed by atoms with Crippen molar-refractivity contribution in [2.75, 3.05) is 38.6 Å². The van der Waals surface area contributed by atoms with Crippen LogP contribution >= 0.6 is 0 Å². The number of ether oxygens (including phenoxy) is 1. The van der Waals surface area contributed by atoms with Gasteiger partial charge in [0.1, 0.15) is 0 Å². The Morgan fingerprint density at radius 1 is 1.61 bits per heavy atom. The monoisotopic (exact) mass is 254 g/mol. The van der Waals surface area contributed by atoms with Gasteiger partial charge in [-0.2, -0.15) is 9.37 Å². The van der Waals surface area contributed by atoms with Crippen molar-refractivity contribution < 1.29 is 9.13 Å². The first kappa shape index (κ1) is 13.0.